The number of carboxylic acid groups (broad SMARTS) is 1. The molecule has 2 atom stereocenters. The van der Waals surface area contributed by atoms with Crippen LogP contribution in [-0.4, -0.2) is 65.0 Å². The van der Waals surface area contributed by atoms with Gasteiger partial charge in [-0.05, 0) is 62.6 Å². The minimum atomic E-state index is -3.91. The molecule has 0 saturated carbocycles. The van der Waals surface area contributed by atoms with Gasteiger partial charge in [0.05, 0.1) is 17.1 Å². The lowest BCUT2D eigenvalue weighted by atomic mass is 9.85. The molecule has 1 aromatic heterocycles. The fourth-order valence-electron chi connectivity index (χ4n) is 5.47. The number of benzene rings is 2. The predicted octanol–water partition coefficient (Wildman–Crippen LogP) is 4.66. The van der Waals surface area contributed by atoms with Crippen molar-refractivity contribution in [2.24, 2.45) is 5.92 Å². The summed E-state index contributed by atoms with van der Waals surface area (Å²) in [6.07, 6.45) is 1.18. The zero-order valence-corrected chi connectivity index (χ0v) is 22.2. The van der Waals surface area contributed by atoms with Crippen molar-refractivity contribution in [1.29, 1.82) is 0 Å². The molecule has 0 unspecified atom stereocenters. The number of carbonyl (C=O) groups excluding carboxylic acids is 1. The van der Waals surface area contributed by atoms with Gasteiger partial charge < -0.3 is 10.0 Å². The van der Waals surface area contributed by atoms with E-state index < -0.39 is 21.7 Å². The van der Waals surface area contributed by atoms with Crippen molar-refractivity contribution >= 4 is 38.6 Å². The zero-order chi connectivity index (χ0) is 27.0. The van der Waals surface area contributed by atoms with Gasteiger partial charge in [0.15, 0.2) is 0 Å². The molecule has 2 N–H and O–H groups in total. The number of hydrogen-bond acceptors (Lipinski definition) is 5. The van der Waals surface area contributed by atoms with Crippen LogP contribution < -0.4 is 4.72 Å². The molecule has 196 valence electrons. The molecule has 0 radical (unpaired) electrons. The molecule has 3 aromatic rings. The molecule has 1 fully saturated rings. The van der Waals surface area contributed by atoms with E-state index in [2.05, 4.69) is 9.71 Å². The summed E-state index contributed by atoms with van der Waals surface area (Å²) in [4.78, 5) is 32.8. The van der Waals surface area contributed by atoms with Crippen molar-refractivity contribution in [3.8, 4) is 0 Å². The number of anilines is 1. The van der Waals surface area contributed by atoms with E-state index in [1.807, 2.05) is 27.7 Å². The number of piperazine rings is 1. The molecule has 0 spiro atoms. The quantitative estimate of drug-likeness (QED) is 0.484. The van der Waals surface area contributed by atoms with Crippen LogP contribution in [0.3, 0.4) is 0 Å². The highest BCUT2D eigenvalue weighted by atomic mass is 32.2. The first-order chi connectivity index (χ1) is 17.4. The Hall–Kier alpha value is -3.66. The maximum atomic E-state index is 13.4. The Morgan fingerprint density at radius 3 is 2.46 bits per heavy atom. The number of amides is 2. The van der Waals surface area contributed by atoms with Crippen LogP contribution in [0.15, 0.2) is 65.7 Å². The molecule has 0 aliphatic carbocycles. The Kier molecular flexibility index (Phi) is 7.14. The highest BCUT2D eigenvalue weighted by molar-refractivity contribution is 7.93. The largest absolute Gasteiger partial charge is 0.465 e. The Balaban J connectivity index is 1.53. The third-order valence-corrected chi connectivity index (χ3v) is 8.06. The van der Waals surface area contributed by atoms with Crippen molar-refractivity contribution in [2.45, 2.75) is 50.6 Å². The molecule has 4 rings (SSSR count). The zero-order valence-electron chi connectivity index (χ0n) is 21.4. The van der Waals surface area contributed by atoms with Gasteiger partial charge in [-0.3, -0.25) is 19.4 Å². The SMILES string of the molecule is CC(C)C[C@@]1(C)CN(C(=O)c2ccc(NS(=O)(=O)c3cccc4cccnc34)cc2)C[C@@H](C)N1C(=O)O. The fourth-order valence-corrected chi connectivity index (χ4v) is 6.71. The van der Waals surface area contributed by atoms with Gasteiger partial charge in [-0.2, -0.15) is 0 Å². The smallest absolute Gasteiger partial charge is 0.408 e. The molecule has 1 aliphatic heterocycles. The van der Waals surface area contributed by atoms with Gasteiger partial charge in [0.1, 0.15) is 4.90 Å². The summed E-state index contributed by atoms with van der Waals surface area (Å²) < 4.78 is 28.7. The van der Waals surface area contributed by atoms with Gasteiger partial charge in [0.2, 0.25) is 0 Å². The molecule has 1 aliphatic rings. The normalized spacial score (nSPS) is 20.3. The Morgan fingerprint density at radius 1 is 1.14 bits per heavy atom. The Labute approximate surface area is 217 Å². The van der Waals surface area contributed by atoms with E-state index in [1.165, 1.54) is 11.0 Å². The summed E-state index contributed by atoms with van der Waals surface area (Å²) in [5.41, 5.74) is 0.384. The van der Waals surface area contributed by atoms with Crippen LogP contribution in [0.25, 0.3) is 10.9 Å². The molecule has 9 nitrogen and oxygen atoms in total. The van der Waals surface area contributed by atoms with Gasteiger partial charge in [-0.25, -0.2) is 13.2 Å². The number of para-hydroxylation sites is 1. The predicted molar refractivity (Wildman–Crippen MR) is 142 cm³/mol. The first kappa shape index (κ1) is 26.4. The molecular formula is C27H32N4O5S. The first-order valence-electron chi connectivity index (χ1n) is 12.2. The van der Waals surface area contributed by atoms with E-state index in [4.69, 9.17) is 0 Å². The topological polar surface area (TPSA) is 120 Å². The second kappa shape index (κ2) is 10.0. The third kappa shape index (κ3) is 5.39. The van der Waals surface area contributed by atoms with Crippen LogP contribution in [0.5, 0.6) is 0 Å². The minimum Gasteiger partial charge on any atom is -0.465 e. The average Bonchev–Trinajstić information content (AvgIpc) is 2.82. The number of carbonyl (C=O) groups is 2. The lowest BCUT2D eigenvalue weighted by Crippen LogP contribution is -2.67. The van der Waals surface area contributed by atoms with Crippen molar-refractivity contribution in [2.75, 3.05) is 17.8 Å². The molecular weight excluding hydrogens is 492 g/mol. The second-order valence-electron chi connectivity index (χ2n) is 10.3. The van der Waals surface area contributed by atoms with Gasteiger partial charge in [-0.15, -0.1) is 0 Å². The number of nitrogens with one attached hydrogen (secondary N) is 1. The molecule has 1 saturated heterocycles. The van der Waals surface area contributed by atoms with E-state index in [9.17, 15) is 23.1 Å². The standard InChI is InChI=1S/C27H32N4O5S/c1-18(2)15-27(4)17-30(16-19(3)31(27)26(33)34)25(32)21-10-12-22(13-11-21)29-37(35,36)23-9-5-7-20-8-6-14-28-24(20)23/h5-14,18-19,29H,15-17H2,1-4H3,(H,33,34)/t19-,27+/m1/s1. The Bertz CT molecular complexity index is 1420. The first-order valence-corrected chi connectivity index (χ1v) is 13.7. The minimum absolute atomic E-state index is 0.0699. The lowest BCUT2D eigenvalue weighted by Gasteiger charge is -2.51. The number of aromatic nitrogens is 1. The highest BCUT2D eigenvalue weighted by Gasteiger charge is 2.45. The summed E-state index contributed by atoms with van der Waals surface area (Å²) in [5, 5.41) is 10.5. The van der Waals surface area contributed by atoms with Crippen LogP contribution in [0, 0.1) is 5.92 Å². The van der Waals surface area contributed by atoms with E-state index in [0.717, 1.165) is 0 Å². The maximum Gasteiger partial charge on any atom is 0.408 e. The van der Waals surface area contributed by atoms with Crippen LogP contribution >= 0.6 is 0 Å². The molecule has 2 heterocycles. The van der Waals surface area contributed by atoms with Crippen molar-refractivity contribution in [3.05, 3.63) is 66.4 Å². The van der Waals surface area contributed by atoms with Crippen LogP contribution in [0.2, 0.25) is 0 Å². The molecule has 2 amide bonds. The number of hydrogen-bond donors (Lipinski definition) is 2. The van der Waals surface area contributed by atoms with Gasteiger partial charge in [0.25, 0.3) is 15.9 Å². The summed E-state index contributed by atoms with van der Waals surface area (Å²) >= 11 is 0. The lowest BCUT2D eigenvalue weighted by molar-refractivity contribution is -0.0193. The number of rotatable bonds is 6. The van der Waals surface area contributed by atoms with Crippen molar-refractivity contribution in [3.63, 3.8) is 0 Å². The van der Waals surface area contributed by atoms with E-state index in [1.54, 1.807) is 59.6 Å². The van der Waals surface area contributed by atoms with Gasteiger partial charge >= 0.3 is 6.09 Å². The number of nitrogens with zero attached hydrogens (tertiary/aromatic N) is 3. The number of sulfonamides is 1. The van der Waals surface area contributed by atoms with Crippen molar-refractivity contribution < 1.29 is 23.1 Å². The van der Waals surface area contributed by atoms with Crippen LogP contribution in [-0.2, 0) is 10.0 Å². The number of pyridine rings is 1. The third-order valence-electron chi connectivity index (χ3n) is 6.65. The van der Waals surface area contributed by atoms with E-state index in [-0.39, 0.29) is 35.9 Å². The van der Waals surface area contributed by atoms with E-state index in [0.29, 0.717) is 28.6 Å². The number of fused-ring (bicyclic) bond motifs is 1. The fraction of sp³-hybridized carbons (Fsp3) is 0.370. The van der Waals surface area contributed by atoms with Crippen molar-refractivity contribution in [1.82, 2.24) is 14.8 Å². The van der Waals surface area contributed by atoms with Gasteiger partial charge in [-0.1, -0.05) is 32.0 Å². The maximum absolute atomic E-state index is 13.4. The molecule has 2 aromatic carbocycles. The average molecular weight is 525 g/mol. The summed E-state index contributed by atoms with van der Waals surface area (Å²) in [6.45, 7) is 8.32. The van der Waals surface area contributed by atoms with Crippen LogP contribution in [0.4, 0.5) is 10.5 Å². The summed E-state index contributed by atoms with van der Waals surface area (Å²) in [5.74, 6) is 0.0258. The Morgan fingerprint density at radius 2 is 1.81 bits per heavy atom. The van der Waals surface area contributed by atoms with E-state index >= 15 is 0 Å². The second-order valence-corrected chi connectivity index (χ2v) is 11.9. The molecule has 10 heteroatoms. The summed E-state index contributed by atoms with van der Waals surface area (Å²) in [6, 6.07) is 14.4. The molecule has 0 bridgehead atoms. The summed E-state index contributed by atoms with van der Waals surface area (Å²) in [7, 11) is -3.91. The highest BCUT2D eigenvalue weighted by Crippen LogP contribution is 2.32. The monoisotopic (exact) mass is 524 g/mol. The molecule has 37 heavy (non-hydrogen) atoms. The van der Waals surface area contributed by atoms with Crippen LogP contribution in [0.1, 0.15) is 44.5 Å². The van der Waals surface area contributed by atoms with Gasteiger partial charge in [0, 0.05) is 35.9 Å².